The zero-order valence-electron chi connectivity index (χ0n) is 8.03. The second-order valence-electron chi connectivity index (χ2n) is 3.05. The molecule has 1 rings (SSSR count). The highest BCUT2D eigenvalue weighted by Gasteiger charge is 2.00. The number of benzene rings is 1. The van der Waals surface area contributed by atoms with Crippen LogP contribution in [0.3, 0.4) is 0 Å². The first-order valence-electron chi connectivity index (χ1n) is 4.33. The van der Waals surface area contributed by atoms with E-state index in [0.717, 1.165) is 11.3 Å². The van der Waals surface area contributed by atoms with Gasteiger partial charge < -0.3 is 9.84 Å². The number of aliphatic hydroxyl groups excluding tert-OH is 1. The highest BCUT2D eigenvalue weighted by molar-refractivity contribution is 6.29. The zero-order valence-corrected chi connectivity index (χ0v) is 8.79. The van der Waals surface area contributed by atoms with Crippen molar-refractivity contribution >= 4 is 11.6 Å². The molecule has 0 radical (unpaired) electrons. The van der Waals surface area contributed by atoms with Crippen molar-refractivity contribution < 1.29 is 9.84 Å². The van der Waals surface area contributed by atoms with Gasteiger partial charge in [0, 0.05) is 5.03 Å². The molecule has 1 unspecified atom stereocenters. The molecule has 0 heterocycles. The van der Waals surface area contributed by atoms with Gasteiger partial charge >= 0.3 is 0 Å². The van der Waals surface area contributed by atoms with Gasteiger partial charge in [0.05, 0.1) is 6.10 Å². The summed E-state index contributed by atoms with van der Waals surface area (Å²) in [5, 5.41) is 9.72. The van der Waals surface area contributed by atoms with Gasteiger partial charge in [-0.3, -0.25) is 0 Å². The SMILES string of the molecule is C=C(Cl)COc1ccc(C(C)O)cc1. The molecular formula is C11H13ClO2. The highest BCUT2D eigenvalue weighted by atomic mass is 35.5. The van der Waals surface area contributed by atoms with Gasteiger partial charge in [-0.1, -0.05) is 30.3 Å². The van der Waals surface area contributed by atoms with Gasteiger partial charge in [-0.05, 0) is 24.6 Å². The Kier molecular flexibility index (Phi) is 3.98. The molecule has 0 fully saturated rings. The summed E-state index contributed by atoms with van der Waals surface area (Å²) in [5.41, 5.74) is 0.863. The van der Waals surface area contributed by atoms with E-state index < -0.39 is 6.10 Å². The summed E-state index contributed by atoms with van der Waals surface area (Å²) in [6.07, 6.45) is -0.452. The van der Waals surface area contributed by atoms with Crippen LogP contribution in [0.5, 0.6) is 5.75 Å². The molecule has 76 valence electrons. The largest absolute Gasteiger partial charge is 0.488 e. The summed E-state index contributed by atoms with van der Waals surface area (Å²) >= 11 is 5.55. The molecule has 0 aromatic heterocycles. The number of hydrogen-bond donors (Lipinski definition) is 1. The van der Waals surface area contributed by atoms with E-state index >= 15 is 0 Å². The standard InChI is InChI=1S/C11H13ClO2/c1-8(12)7-14-11-5-3-10(4-6-11)9(2)13/h3-6,9,13H,1,7H2,2H3. The Morgan fingerprint density at radius 3 is 2.50 bits per heavy atom. The number of hydrogen-bond acceptors (Lipinski definition) is 2. The molecule has 0 spiro atoms. The number of rotatable bonds is 4. The van der Waals surface area contributed by atoms with E-state index in [2.05, 4.69) is 6.58 Å². The van der Waals surface area contributed by atoms with Gasteiger partial charge in [-0.2, -0.15) is 0 Å². The first-order chi connectivity index (χ1) is 6.59. The van der Waals surface area contributed by atoms with E-state index in [0.29, 0.717) is 11.6 Å². The summed E-state index contributed by atoms with van der Waals surface area (Å²) < 4.78 is 5.29. The fourth-order valence-corrected chi connectivity index (χ4v) is 1.06. The van der Waals surface area contributed by atoms with Crippen molar-refractivity contribution in [1.29, 1.82) is 0 Å². The molecule has 1 aromatic rings. The average molecular weight is 213 g/mol. The van der Waals surface area contributed by atoms with Crippen LogP contribution in [0.25, 0.3) is 0 Å². The second-order valence-corrected chi connectivity index (χ2v) is 3.59. The van der Waals surface area contributed by atoms with Crippen molar-refractivity contribution in [2.45, 2.75) is 13.0 Å². The number of halogens is 1. The van der Waals surface area contributed by atoms with Crippen LogP contribution in [0.2, 0.25) is 0 Å². The van der Waals surface area contributed by atoms with Crippen molar-refractivity contribution in [3.8, 4) is 5.75 Å². The molecule has 0 bridgehead atoms. The van der Waals surface area contributed by atoms with Crippen molar-refractivity contribution in [3.05, 3.63) is 41.4 Å². The van der Waals surface area contributed by atoms with Crippen LogP contribution in [0, 0.1) is 0 Å². The zero-order chi connectivity index (χ0) is 10.6. The van der Waals surface area contributed by atoms with Gasteiger partial charge in [0.1, 0.15) is 12.4 Å². The summed E-state index contributed by atoms with van der Waals surface area (Å²) in [5.74, 6) is 0.719. The van der Waals surface area contributed by atoms with Crippen LogP contribution in [0.15, 0.2) is 35.9 Å². The quantitative estimate of drug-likeness (QED) is 0.832. The molecule has 0 aliphatic heterocycles. The summed E-state index contributed by atoms with van der Waals surface area (Å²) in [6.45, 7) is 5.54. The van der Waals surface area contributed by atoms with E-state index in [1.54, 1.807) is 19.1 Å². The molecule has 1 aromatic carbocycles. The summed E-state index contributed by atoms with van der Waals surface area (Å²) in [4.78, 5) is 0. The minimum absolute atomic E-state index is 0.301. The third-order valence-electron chi connectivity index (χ3n) is 1.76. The lowest BCUT2D eigenvalue weighted by molar-refractivity contribution is 0.199. The minimum atomic E-state index is -0.452. The van der Waals surface area contributed by atoms with E-state index in [-0.39, 0.29) is 0 Å². The summed E-state index contributed by atoms with van der Waals surface area (Å²) in [6, 6.07) is 7.22. The molecule has 0 amide bonds. The third-order valence-corrected chi connectivity index (χ3v) is 1.87. The maximum Gasteiger partial charge on any atom is 0.123 e. The van der Waals surface area contributed by atoms with Gasteiger partial charge in [-0.25, -0.2) is 0 Å². The van der Waals surface area contributed by atoms with Gasteiger partial charge in [0.2, 0.25) is 0 Å². The van der Waals surface area contributed by atoms with Crippen LogP contribution in [0.1, 0.15) is 18.6 Å². The van der Waals surface area contributed by atoms with Crippen LogP contribution >= 0.6 is 11.6 Å². The Morgan fingerprint density at radius 1 is 1.50 bits per heavy atom. The first kappa shape index (κ1) is 11.1. The lowest BCUT2D eigenvalue weighted by Gasteiger charge is -2.07. The Balaban J connectivity index is 2.59. The molecule has 2 nitrogen and oxygen atoms in total. The summed E-state index contributed by atoms with van der Waals surface area (Å²) in [7, 11) is 0. The third kappa shape index (κ3) is 3.40. The van der Waals surface area contributed by atoms with Crippen molar-refractivity contribution in [1.82, 2.24) is 0 Å². The number of aliphatic hydroxyl groups is 1. The lowest BCUT2D eigenvalue weighted by atomic mass is 10.1. The Morgan fingerprint density at radius 2 is 2.07 bits per heavy atom. The molecule has 0 aliphatic carbocycles. The van der Waals surface area contributed by atoms with Gasteiger partial charge in [0.15, 0.2) is 0 Å². The average Bonchev–Trinajstić information content (AvgIpc) is 2.15. The lowest BCUT2D eigenvalue weighted by Crippen LogP contribution is -1.97. The monoisotopic (exact) mass is 212 g/mol. The Hall–Kier alpha value is -0.990. The van der Waals surface area contributed by atoms with Crippen LogP contribution in [-0.2, 0) is 0 Å². The predicted molar refractivity (Wildman–Crippen MR) is 57.6 cm³/mol. The molecule has 1 atom stereocenters. The van der Waals surface area contributed by atoms with Crippen molar-refractivity contribution in [2.24, 2.45) is 0 Å². The highest BCUT2D eigenvalue weighted by Crippen LogP contribution is 2.17. The molecule has 1 N–H and O–H groups in total. The van der Waals surface area contributed by atoms with Crippen molar-refractivity contribution in [2.75, 3.05) is 6.61 Å². The van der Waals surface area contributed by atoms with E-state index in [1.807, 2.05) is 12.1 Å². The fraction of sp³-hybridized carbons (Fsp3) is 0.273. The van der Waals surface area contributed by atoms with Crippen molar-refractivity contribution in [3.63, 3.8) is 0 Å². The molecule has 0 saturated carbocycles. The maximum atomic E-state index is 9.26. The van der Waals surface area contributed by atoms with E-state index in [4.69, 9.17) is 16.3 Å². The van der Waals surface area contributed by atoms with E-state index in [9.17, 15) is 5.11 Å². The normalized spacial score (nSPS) is 12.2. The van der Waals surface area contributed by atoms with Crippen LogP contribution in [-0.4, -0.2) is 11.7 Å². The maximum absolute atomic E-state index is 9.26. The Labute approximate surface area is 88.8 Å². The van der Waals surface area contributed by atoms with Crippen LogP contribution in [0.4, 0.5) is 0 Å². The first-order valence-corrected chi connectivity index (χ1v) is 4.71. The predicted octanol–water partition coefficient (Wildman–Crippen LogP) is 2.87. The topological polar surface area (TPSA) is 29.5 Å². The molecule has 0 saturated heterocycles. The van der Waals surface area contributed by atoms with Gasteiger partial charge in [-0.15, -0.1) is 0 Å². The Bertz CT molecular complexity index is 304. The fourth-order valence-electron chi connectivity index (χ4n) is 1.00. The van der Waals surface area contributed by atoms with Gasteiger partial charge in [0.25, 0.3) is 0 Å². The molecule has 0 aliphatic rings. The smallest absolute Gasteiger partial charge is 0.123 e. The molecular weight excluding hydrogens is 200 g/mol. The number of ether oxygens (including phenoxy) is 1. The van der Waals surface area contributed by atoms with E-state index in [1.165, 1.54) is 0 Å². The minimum Gasteiger partial charge on any atom is -0.488 e. The molecule has 14 heavy (non-hydrogen) atoms. The molecule has 3 heteroatoms. The van der Waals surface area contributed by atoms with Crippen LogP contribution < -0.4 is 4.74 Å². The second kappa shape index (κ2) is 5.03.